The summed E-state index contributed by atoms with van der Waals surface area (Å²) in [4.78, 5) is 11.5. The largest absolute Gasteiger partial charge is 0.483 e. The third kappa shape index (κ3) is 5.13. The lowest BCUT2D eigenvalue weighted by Gasteiger charge is -2.12. The number of carbonyl (C=O) groups is 1. The van der Waals surface area contributed by atoms with Gasteiger partial charge in [-0.15, -0.1) is 0 Å². The minimum Gasteiger partial charge on any atom is -0.483 e. The summed E-state index contributed by atoms with van der Waals surface area (Å²) in [5.41, 5.74) is 1.21. The number of ether oxygens (including phenoxy) is 1. The Morgan fingerprint density at radius 1 is 1.45 bits per heavy atom. The topological polar surface area (TPSA) is 50.4 Å². The van der Waals surface area contributed by atoms with Crippen LogP contribution in [0.1, 0.15) is 32.3 Å². The zero-order valence-corrected chi connectivity index (χ0v) is 13.5. The van der Waals surface area contributed by atoms with E-state index in [1.165, 1.54) is 18.4 Å². The fraction of sp³-hybridized carbons (Fsp3) is 0.533. The molecule has 1 aromatic carbocycles. The van der Waals surface area contributed by atoms with Crippen molar-refractivity contribution in [1.82, 2.24) is 10.6 Å². The van der Waals surface area contributed by atoms with Gasteiger partial charge in [0.1, 0.15) is 5.75 Å². The van der Waals surface area contributed by atoms with Gasteiger partial charge in [0, 0.05) is 18.6 Å². The summed E-state index contributed by atoms with van der Waals surface area (Å²) in [6, 6.07) is 6.78. The highest BCUT2D eigenvalue weighted by Gasteiger charge is 2.20. The second-order valence-electron chi connectivity index (χ2n) is 5.43. The van der Waals surface area contributed by atoms with E-state index < -0.39 is 0 Å². The lowest BCUT2D eigenvalue weighted by Crippen LogP contribution is -2.34. The first-order valence-electron chi connectivity index (χ1n) is 6.98. The van der Waals surface area contributed by atoms with E-state index in [4.69, 9.17) is 4.74 Å². The van der Waals surface area contributed by atoms with Gasteiger partial charge in [0.25, 0.3) is 5.91 Å². The highest BCUT2D eigenvalue weighted by molar-refractivity contribution is 9.10. The van der Waals surface area contributed by atoms with Crippen LogP contribution in [0, 0.1) is 0 Å². The minimum absolute atomic E-state index is 0.0381. The van der Waals surface area contributed by atoms with Crippen molar-refractivity contribution < 1.29 is 9.53 Å². The SMILES string of the molecule is CC(C)NC(=O)COc1ccc(CNC2CC2)cc1Br. The molecule has 1 amide bonds. The monoisotopic (exact) mass is 340 g/mol. The molecule has 1 aliphatic carbocycles. The van der Waals surface area contributed by atoms with Crippen molar-refractivity contribution in [2.45, 2.75) is 45.3 Å². The van der Waals surface area contributed by atoms with E-state index in [0.717, 1.165) is 11.0 Å². The quantitative estimate of drug-likeness (QED) is 0.802. The number of carbonyl (C=O) groups excluding carboxylic acids is 1. The lowest BCUT2D eigenvalue weighted by atomic mass is 10.2. The summed E-state index contributed by atoms with van der Waals surface area (Å²) in [6.45, 7) is 4.76. The van der Waals surface area contributed by atoms with Crippen LogP contribution in [-0.4, -0.2) is 24.6 Å². The number of hydrogen-bond acceptors (Lipinski definition) is 3. The number of amides is 1. The first-order valence-corrected chi connectivity index (χ1v) is 7.78. The molecule has 0 atom stereocenters. The highest BCUT2D eigenvalue weighted by atomic mass is 79.9. The van der Waals surface area contributed by atoms with Crippen LogP contribution in [-0.2, 0) is 11.3 Å². The molecule has 1 saturated carbocycles. The molecule has 1 fully saturated rings. The Kier molecular flexibility index (Phi) is 5.43. The average molecular weight is 341 g/mol. The molecule has 2 rings (SSSR count). The van der Waals surface area contributed by atoms with Crippen molar-refractivity contribution in [2.24, 2.45) is 0 Å². The van der Waals surface area contributed by atoms with Gasteiger partial charge in [-0.05, 0) is 60.3 Å². The summed E-state index contributed by atoms with van der Waals surface area (Å²) < 4.78 is 6.39. The summed E-state index contributed by atoms with van der Waals surface area (Å²) in [6.07, 6.45) is 2.57. The summed E-state index contributed by atoms with van der Waals surface area (Å²) in [5.74, 6) is 0.588. The van der Waals surface area contributed by atoms with Crippen molar-refractivity contribution in [3.63, 3.8) is 0 Å². The molecule has 2 N–H and O–H groups in total. The number of benzene rings is 1. The molecule has 1 aromatic rings. The van der Waals surface area contributed by atoms with E-state index >= 15 is 0 Å². The van der Waals surface area contributed by atoms with E-state index in [1.54, 1.807) is 0 Å². The maximum absolute atomic E-state index is 11.5. The molecule has 0 aliphatic heterocycles. The van der Waals surface area contributed by atoms with Crippen molar-refractivity contribution in [1.29, 1.82) is 0 Å². The van der Waals surface area contributed by atoms with Crippen molar-refractivity contribution in [2.75, 3.05) is 6.61 Å². The Bertz CT molecular complexity index is 473. The molecule has 4 nitrogen and oxygen atoms in total. The predicted octanol–water partition coefficient (Wildman–Crippen LogP) is 2.60. The van der Waals surface area contributed by atoms with Crippen LogP contribution >= 0.6 is 15.9 Å². The molecular formula is C15H21BrN2O2. The van der Waals surface area contributed by atoms with Gasteiger partial charge in [0.15, 0.2) is 6.61 Å². The Hall–Kier alpha value is -1.07. The van der Waals surface area contributed by atoms with Crippen LogP contribution in [0.3, 0.4) is 0 Å². The maximum Gasteiger partial charge on any atom is 0.258 e. The molecular weight excluding hydrogens is 320 g/mol. The fourth-order valence-electron chi connectivity index (χ4n) is 1.83. The molecule has 1 aliphatic rings. The number of nitrogens with one attached hydrogen (secondary N) is 2. The second-order valence-corrected chi connectivity index (χ2v) is 6.29. The van der Waals surface area contributed by atoms with E-state index in [9.17, 15) is 4.79 Å². The van der Waals surface area contributed by atoms with Crippen molar-refractivity contribution in [3.8, 4) is 5.75 Å². The zero-order valence-electron chi connectivity index (χ0n) is 11.9. The van der Waals surface area contributed by atoms with Crippen LogP contribution in [0.25, 0.3) is 0 Å². The Labute approximate surface area is 128 Å². The van der Waals surface area contributed by atoms with E-state index in [1.807, 2.05) is 32.0 Å². The minimum atomic E-state index is -0.105. The summed E-state index contributed by atoms with van der Waals surface area (Å²) >= 11 is 3.49. The molecule has 0 spiro atoms. The zero-order chi connectivity index (χ0) is 14.5. The molecule has 0 unspecified atom stereocenters. The second kappa shape index (κ2) is 7.09. The summed E-state index contributed by atoms with van der Waals surface area (Å²) in [7, 11) is 0. The van der Waals surface area contributed by atoms with Crippen molar-refractivity contribution >= 4 is 21.8 Å². The maximum atomic E-state index is 11.5. The first kappa shape index (κ1) is 15.3. The van der Waals surface area contributed by atoms with Gasteiger partial charge >= 0.3 is 0 Å². The number of rotatable bonds is 7. The van der Waals surface area contributed by atoms with Crippen LogP contribution in [0.4, 0.5) is 0 Å². The third-order valence-corrected chi connectivity index (χ3v) is 3.60. The van der Waals surface area contributed by atoms with E-state index in [-0.39, 0.29) is 18.6 Å². The van der Waals surface area contributed by atoms with Gasteiger partial charge in [-0.1, -0.05) is 6.07 Å². The first-order chi connectivity index (χ1) is 9.54. The molecule has 20 heavy (non-hydrogen) atoms. The van der Waals surface area contributed by atoms with E-state index in [2.05, 4.69) is 26.6 Å². The van der Waals surface area contributed by atoms with Gasteiger partial charge in [0.2, 0.25) is 0 Å². The standard InChI is InChI=1S/C15H21BrN2O2/c1-10(2)18-15(19)9-20-14-6-3-11(7-13(14)16)8-17-12-4-5-12/h3,6-7,10,12,17H,4-5,8-9H2,1-2H3,(H,18,19). The third-order valence-electron chi connectivity index (χ3n) is 2.98. The molecule has 0 radical (unpaired) electrons. The van der Waals surface area contributed by atoms with Gasteiger partial charge in [-0.25, -0.2) is 0 Å². The number of hydrogen-bond donors (Lipinski definition) is 2. The Morgan fingerprint density at radius 3 is 2.80 bits per heavy atom. The molecule has 0 aromatic heterocycles. The Morgan fingerprint density at radius 2 is 2.20 bits per heavy atom. The van der Waals surface area contributed by atoms with Crippen LogP contribution in [0.2, 0.25) is 0 Å². The van der Waals surface area contributed by atoms with Crippen molar-refractivity contribution in [3.05, 3.63) is 28.2 Å². The molecule has 0 bridgehead atoms. The fourth-order valence-corrected chi connectivity index (χ4v) is 2.37. The van der Waals surface area contributed by atoms with Gasteiger partial charge < -0.3 is 15.4 Å². The molecule has 5 heteroatoms. The predicted molar refractivity (Wildman–Crippen MR) is 82.8 cm³/mol. The summed E-state index contributed by atoms with van der Waals surface area (Å²) in [5, 5.41) is 6.26. The Balaban J connectivity index is 1.83. The van der Waals surface area contributed by atoms with Crippen LogP contribution in [0.5, 0.6) is 5.75 Å². The molecule has 0 saturated heterocycles. The van der Waals surface area contributed by atoms with Gasteiger partial charge in [-0.2, -0.15) is 0 Å². The highest BCUT2D eigenvalue weighted by Crippen LogP contribution is 2.26. The normalized spacial score (nSPS) is 14.4. The van der Waals surface area contributed by atoms with Crippen LogP contribution in [0.15, 0.2) is 22.7 Å². The van der Waals surface area contributed by atoms with Crippen LogP contribution < -0.4 is 15.4 Å². The smallest absolute Gasteiger partial charge is 0.258 e. The molecule has 110 valence electrons. The molecule has 0 heterocycles. The van der Waals surface area contributed by atoms with Gasteiger partial charge in [0.05, 0.1) is 4.47 Å². The lowest BCUT2D eigenvalue weighted by molar-refractivity contribution is -0.123. The number of halogens is 1. The van der Waals surface area contributed by atoms with E-state index in [0.29, 0.717) is 11.8 Å². The average Bonchev–Trinajstić information content (AvgIpc) is 3.18. The van der Waals surface area contributed by atoms with Gasteiger partial charge in [-0.3, -0.25) is 4.79 Å².